The Morgan fingerprint density at radius 1 is 1.18 bits per heavy atom. The van der Waals surface area contributed by atoms with Crippen LogP contribution in [0.15, 0.2) is 29.4 Å². The van der Waals surface area contributed by atoms with Crippen LogP contribution in [0.4, 0.5) is 5.95 Å². The van der Waals surface area contributed by atoms with Crippen molar-refractivity contribution in [2.75, 3.05) is 12.0 Å². The summed E-state index contributed by atoms with van der Waals surface area (Å²) in [6.07, 6.45) is 1.87. The molecule has 84 valence electrons. The molecule has 0 saturated carbocycles. The predicted octanol–water partition coefficient (Wildman–Crippen LogP) is 1.71. The van der Waals surface area contributed by atoms with Gasteiger partial charge in [0.15, 0.2) is 11.0 Å². The summed E-state index contributed by atoms with van der Waals surface area (Å²) in [7, 11) is 0. The molecule has 2 N–H and O–H groups in total. The van der Waals surface area contributed by atoms with E-state index in [9.17, 15) is 0 Å². The van der Waals surface area contributed by atoms with Crippen LogP contribution >= 0.6 is 11.8 Å². The third-order valence-corrected chi connectivity index (χ3v) is 2.63. The highest BCUT2D eigenvalue weighted by Gasteiger charge is 2.06. The van der Waals surface area contributed by atoms with E-state index in [1.807, 2.05) is 6.26 Å². The SMILES string of the molecule is CSc1nc(N)nc(-c2ccc(C#N)cc2)n1. The molecule has 0 bridgehead atoms. The van der Waals surface area contributed by atoms with E-state index in [1.165, 1.54) is 11.8 Å². The molecule has 0 spiro atoms. The van der Waals surface area contributed by atoms with Gasteiger partial charge in [0.2, 0.25) is 5.95 Å². The lowest BCUT2D eigenvalue weighted by atomic mass is 10.1. The van der Waals surface area contributed by atoms with Gasteiger partial charge in [0.1, 0.15) is 0 Å². The van der Waals surface area contributed by atoms with Crippen molar-refractivity contribution in [1.29, 1.82) is 5.26 Å². The number of benzene rings is 1. The van der Waals surface area contributed by atoms with Gasteiger partial charge < -0.3 is 5.73 Å². The molecule has 5 nitrogen and oxygen atoms in total. The fourth-order valence-corrected chi connectivity index (χ4v) is 1.65. The second kappa shape index (κ2) is 4.80. The van der Waals surface area contributed by atoms with Crippen LogP contribution in [0.2, 0.25) is 0 Å². The van der Waals surface area contributed by atoms with Crippen LogP contribution < -0.4 is 5.73 Å². The molecule has 2 rings (SSSR count). The van der Waals surface area contributed by atoms with Crippen molar-refractivity contribution in [3.63, 3.8) is 0 Å². The smallest absolute Gasteiger partial charge is 0.224 e. The monoisotopic (exact) mass is 243 g/mol. The van der Waals surface area contributed by atoms with Gasteiger partial charge >= 0.3 is 0 Å². The quantitative estimate of drug-likeness (QED) is 0.808. The van der Waals surface area contributed by atoms with Crippen LogP contribution in [-0.4, -0.2) is 21.2 Å². The van der Waals surface area contributed by atoms with Gasteiger partial charge in [0.05, 0.1) is 11.6 Å². The molecule has 0 unspecified atom stereocenters. The number of nitriles is 1. The van der Waals surface area contributed by atoms with Crippen molar-refractivity contribution in [1.82, 2.24) is 15.0 Å². The minimum absolute atomic E-state index is 0.198. The van der Waals surface area contributed by atoms with Crippen molar-refractivity contribution >= 4 is 17.7 Å². The van der Waals surface area contributed by atoms with Gasteiger partial charge in [0.25, 0.3) is 0 Å². The lowest BCUT2D eigenvalue weighted by Crippen LogP contribution is -2.01. The zero-order valence-corrected chi connectivity index (χ0v) is 9.90. The number of anilines is 1. The van der Waals surface area contributed by atoms with E-state index in [0.29, 0.717) is 16.5 Å². The summed E-state index contributed by atoms with van der Waals surface area (Å²) in [5.41, 5.74) is 7.01. The van der Waals surface area contributed by atoms with E-state index in [4.69, 9.17) is 11.0 Å². The highest BCUT2D eigenvalue weighted by Crippen LogP contribution is 2.18. The van der Waals surface area contributed by atoms with Crippen LogP contribution in [0.5, 0.6) is 0 Å². The molecule has 1 heterocycles. The second-order valence-corrected chi connectivity index (χ2v) is 3.97. The van der Waals surface area contributed by atoms with Crippen molar-refractivity contribution in [2.45, 2.75) is 5.16 Å². The second-order valence-electron chi connectivity index (χ2n) is 3.19. The molecule has 6 heteroatoms. The summed E-state index contributed by atoms with van der Waals surface area (Å²) >= 11 is 1.40. The van der Waals surface area contributed by atoms with Gasteiger partial charge in [-0.1, -0.05) is 11.8 Å². The molecule has 17 heavy (non-hydrogen) atoms. The fourth-order valence-electron chi connectivity index (χ4n) is 1.29. The summed E-state index contributed by atoms with van der Waals surface area (Å²) < 4.78 is 0. The Bertz CT molecular complexity index is 573. The largest absolute Gasteiger partial charge is 0.368 e. The summed E-state index contributed by atoms with van der Waals surface area (Å²) in [6.45, 7) is 0. The Hall–Kier alpha value is -2.13. The van der Waals surface area contributed by atoms with Gasteiger partial charge in [-0.3, -0.25) is 0 Å². The summed E-state index contributed by atoms with van der Waals surface area (Å²) in [4.78, 5) is 12.3. The van der Waals surface area contributed by atoms with Crippen LogP contribution in [0.3, 0.4) is 0 Å². The van der Waals surface area contributed by atoms with Gasteiger partial charge in [-0.05, 0) is 30.5 Å². The van der Waals surface area contributed by atoms with Crippen molar-refractivity contribution in [3.8, 4) is 17.5 Å². The molecule has 0 aliphatic heterocycles. The number of nitrogens with two attached hydrogens (primary N) is 1. The Morgan fingerprint density at radius 3 is 2.47 bits per heavy atom. The normalized spacial score (nSPS) is 9.88. The van der Waals surface area contributed by atoms with Gasteiger partial charge in [0, 0.05) is 5.56 Å². The Kier molecular flexibility index (Phi) is 3.21. The Labute approximate surface area is 103 Å². The molecule has 0 aliphatic rings. The molecule has 1 aromatic heterocycles. The van der Waals surface area contributed by atoms with Crippen molar-refractivity contribution in [3.05, 3.63) is 29.8 Å². The Morgan fingerprint density at radius 2 is 1.88 bits per heavy atom. The van der Waals surface area contributed by atoms with Gasteiger partial charge in [-0.15, -0.1) is 0 Å². The van der Waals surface area contributed by atoms with Gasteiger partial charge in [-0.2, -0.15) is 15.2 Å². The van der Waals surface area contributed by atoms with E-state index in [0.717, 1.165) is 5.56 Å². The first-order valence-corrected chi connectivity index (χ1v) is 6.01. The van der Waals surface area contributed by atoms with Crippen molar-refractivity contribution in [2.24, 2.45) is 0 Å². The maximum Gasteiger partial charge on any atom is 0.224 e. The third-order valence-electron chi connectivity index (χ3n) is 2.09. The van der Waals surface area contributed by atoms with Crippen LogP contribution in [0.1, 0.15) is 5.56 Å². The molecule has 0 fully saturated rings. The van der Waals surface area contributed by atoms with E-state index < -0.39 is 0 Å². The summed E-state index contributed by atoms with van der Waals surface area (Å²) in [5, 5.41) is 9.29. The minimum Gasteiger partial charge on any atom is -0.368 e. The molecule has 0 amide bonds. The fraction of sp³-hybridized carbons (Fsp3) is 0.0909. The highest BCUT2D eigenvalue weighted by molar-refractivity contribution is 7.98. The lowest BCUT2D eigenvalue weighted by Gasteiger charge is -2.02. The zero-order valence-electron chi connectivity index (χ0n) is 9.08. The summed E-state index contributed by atoms with van der Waals surface area (Å²) in [6, 6.07) is 9.07. The lowest BCUT2D eigenvalue weighted by molar-refractivity contribution is 0.927. The minimum atomic E-state index is 0.198. The number of aromatic nitrogens is 3. The maximum absolute atomic E-state index is 8.71. The van der Waals surface area contributed by atoms with E-state index in [1.54, 1.807) is 24.3 Å². The molecule has 2 aromatic rings. The van der Waals surface area contributed by atoms with Crippen molar-refractivity contribution < 1.29 is 0 Å². The first-order valence-electron chi connectivity index (χ1n) is 4.79. The van der Waals surface area contributed by atoms with E-state index in [2.05, 4.69) is 21.0 Å². The number of rotatable bonds is 2. The first kappa shape index (κ1) is 11.4. The molecule has 1 aromatic carbocycles. The zero-order chi connectivity index (χ0) is 12.3. The van der Waals surface area contributed by atoms with Crippen LogP contribution in [0.25, 0.3) is 11.4 Å². The summed E-state index contributed by atoms with van der Waals surface area (Å²) in [5.74, 6) is 0.718. The third kappa shape index (κ3) is 2.52. The van der Waals surface area contributed by atoms with Crippen LogP contribution in [0, 0.1) is 11.3 Å². The maximum atomic E-state index is 8.71. The molecule has 0 saturated heterocycles. The van der Waals surface area contributed by atoms with E-state index in [-0.39, 0.29) is 5.95 Å². The molecule has 0 radical (unpaired) electrons. The average Bonchev–Trinajstić information content (AvgIpc) is 2.38. The number of hydrogen-bond acceptors (Lipinski definition) is 6. The standard InChI is InChI=1S/C11H9N5S/c1-17-11-15-9(14-10(13)16-11)8-4-2-7(6-12)3-5-8/h2-5H,1H3,(H2,13,14,15,16). The first-order chi connectivity index (χ1) is 8.22. The topological polar surface area (TPSA) is 88.5 Å². The Balaban J connectivity index is 2.45. The predicted molar refractivity (Wildman–Crippen MR) is 66.2 cm³/mol. The molecular formula is C11H9N5S. The number of nitrogen functional groups attached to an aromatic ring is 1. The highest BCUT2D eigenvalue weighted by atomic mass is 32.2. The van der Waals surface area contributed by atoms with Crippen LogP contribution in [-0.2, 0) is 0 Å². The number of thioether (sulfide) groups is 1. The van der Waals surface area contributed by atoms with E-state index >= 15 is 0 Å². The van der Waals surface area contributed by atoms with Gasteiger partial charge in [-0.25, -0.2) is 4.98 Å². The average molecular weight is 243 g/mol. The number of nitrogens with zero attached hydrogens (tertiary/aromatic N) is 4. The molecule has 0 atom stereocenters. The molecule has 0 aliphatic carbocycles. The number of hydrogen-bond donors (Lipinski definition) is 1. The molecular weight excluding hydrogens is 234 g/mol.